The number of hydrogen-bond acceptors (Lipinski definition) is 4. The van der Waals surface area contributed by atoms with E-state index < -0.39 is 0 Å². The third-order valence-corrected chi connectivity index (χ3v) is 5.55. The average Bonchev–Trinajstić information content (AvgIpc) is 2.93. The summed E-state index contributed by atoms with van der Waals surface area (Å²) in [6, 6.07) is 7.86. The Labute approximate surface area is 164 Å². The standard InChI is InChI=1S/C19H20BrN3O2S/c1-11(2)8-21-15(24)9-23-10-22-18-17(19(23)25)16(12(3)26-18)13-4-6-14(20)7-5-13/h4-7,10-11H,8-9H2,1-3H3,(H,21,24). The van der Waals surface area contributed by atoms with Gasteiger partial charge in [0.05, 0.1) is 11.7 Å². The lowest BCUT2D eigenvalue weighted by atomic mass is 10.0. The van der Waals surface area contributed by atoms with E-state index in [4.69, 9.17) is 0 Å². The van der Waals surface area contributed by atoms with Crippen molar-refractivity contribution in [2.45, 2.75) is 27.3 Å². The van der Waals surface area contributed by atoms with Crippen LogP contribution in [0.3, 0.4) is 0 Å². The van der Waals surface area contributed by atoms with Gasteiger partial charge in [-0.1, -0.05) is 41.9 Å². The molecule has 0 atom stereocenters. The predicted molar refractivity (Wildman–Crippen MR) is 110 cm³/mol. The predicted octanol–water partition coefficient (Wildman–Crippen LogP) is 3.97. The van der Waals surface area contributed by atoms with Gasteiger partial charge in [-0.15, -0.1) is 11.3 Å². The molecular weight excluding hydrogens is 414 g/mol. The maximum atomic E-state index is 13.0. The summed E-state index contributed by atoms with van der Waals surface area (Å²) in [6.07, 6.45) is 1.46. The summed E-state index contributed by atoms with van der Waals surface area (Å²) in [7, 11) is 0. The van der Waals surface area contributed by atoms with Crippen LogP contribution in [0.4, 0.5) is 0 Å². The number of aryl methyl sites for hydroxylation is 1. The molecule has 0 aliphatic carbocycles. The van der Waals surface area contributed by atoms with Crippen LogP contribution in [0.5, 0.6) is 0 Å². The van der Waals surface area contributed by atoms with Crippen LogP contribution in [0.1, 0.15) is 18.7 Å². The van der Waals surface area contributed by atoms with Gasteiger partial charge < -0.3 is 5.32 Å². The number of rotatable bonds is 5. The zero-order chi connectivity index (χ0) is 18.8. The maximum absolute atomic E-state index is 13.0. The van der Waals surface area contributed by atoms with Gasteiger partial charge in [0.25, 0.3) is 5.56 Å². The van der Waals surface area contributed by atoms with E-state index in [0.717, 1.165) is 20.5 Å². The number of thiophene rings is 1. The van der Waals surface area contributed by atoms with Gasteiger partial charge in [-0.3, -0.25) is 14.2 Å². The molecule has 1 aromatic carbocycles. The van der Waals surface area contributed by atoms with Gasteiger partial charge >= 0.3 is 0 Å². The van der Waals surface area contributed by atoms with Crippen LogP contribution in [0.15, 0.2) is 39.9 Å². The lowest BCUT2D eigenvalue weighted by Gasteiger charge is -2.09. The monoisotopic (exact) mass is 433 g/mol. The number of amides is 1. The molecule has 26 heavy (non-hydrogen) atoms. The quantitative estimate of drug-likeness (QED) is 0.661. The highest BCUT2D eigenvalue weighted by molar-refractivity contribution is 9.10. The number of carbonyl (C=O) groups is 1. The van der Waals surface area contributed by atoms with E-state index in [1.807, 2.05) is 45.0 Å². The van der Waals surface area contributed by atoms with Crippen LogP contribution >= 0.6 is 27.3 Å². The SMILES string of the molecule is Cc1sc2ncn(CC(=O)NCC(C)C)c(=O)c2c1-c1ccc(Br)cc1. The number of halogens is 1. The van der Waals surface area contributed by atoms with Crippen molar-refractivity contribution < 1.29 is 4.79 Å². The van der Waals surface area contributed by atoms with Crippen molar-refractivity contribution >= 4 is 43.4 Å². The molecule has 5 nitrogen and oxygen atoms in total. The Morgan fingerprint density at radius 1 is 1.31 bits per heavy atom. The molecule has 0 saturated heterocycles. The lowest BCUT2D eigenvalue weighted by Crippen LogP contribution is -2.34. The molecule has 2 heterocycles. The summed E-state index contributed by atoms with van der Waals surface area (Å²) < 4.78 is 2.36. The summed E-state index contributed by atoms with van der Waals surface area (Å²) in [5.41, 5.74) is 1.68. The van der Waals surface area contributed by atoms with Crippen molar-refractivity contribution in [3.63, 3.8) is 0 Å². The van der Waals surface area contributed by atoms with Gasteiger partial charge in [-0.2, -0.15) is 0 Å². The first kappa shape index (κ1) is 18.8. The maximum Gasteiger partial charge on any atom is 0.263 e. The second kappa shape index (κ2) is 7.72. The lowest BCUT2D eigenvalue weighted by molar-refractivity contribution is -0.121. The molecule has 0 spiro atoms. The molecule has 3 rings (SSSR count). The van der Waals surface area contributed by atoms with Crippen molar-refractivity contribution in [3.05, 3.63) is 50.3 Å². The Balaban J connectivity index is 2.03. The van der Waals surface area contributed by atoms with E-state index in [-0.39, 0.29) is 18.0 Å². The zero-order valence-corrected chi connectivity index (χ0v) is 17.3. The molecule has 7 heteroatoms. The van der Waals surface area contributed by atoms with E-state index in [0.29, 0.717) is 22.7 Å². The zero-order valence-electron chi connectivity index (χ0n) is 14.9. The topological polar surface area (TPSA) is 64.0 Å². The van der Waals surface area contributed by atoms with Crippen molar-refractivity contribution in [2.75, 3.05) is 6.54 Å². The molecular formula is C19H20BrN3O2S. The van der Waals surface area contributed by atoms with Gasteiger partial charge in [0.15, 0.2) is 0 Å². The molecule has 1 N–H and O–H groups in total. The van der Waals surface area contributed by atoms with Gasteiger partial charge in [0.2, 0.25) is 5.91 Å². The van der Waals surface area contributed by atoms with Crippen LogP contribution in [-0.2, 0) is 11.3 Å². The van der Waals surface area contributed by atoms with Crippen LogP contribution in [-0.4, -0.2) is 22.0 Å². The summed E-state index contributed by atoms with van der Waals surface area (Å²) in [5.74, 6) is 0.180. The first-order chi connectivity index (χ1) is 12.4. The average molecular weight is 434 g/mol. The fourth-order valence-corrected chi connectivity index (χ4v) is 4.01. The number of aromatic nitrogens is 2. The van der Waals surface area contributed by atoms with Crippen LogP contribution in [0.25, 0.3) is 21.3 Å². The Morgan fingerprint density at radius 3 is 2.65 bits per heavy atom. The van der Waals surface area contributed by atoms with E-state index >= 15 is 0 Å². The van der Waals surface area contributed by atoms with Crippen LogP contribution < -0.4 is 10.9 Å². The van der Waals surface area contributed by atoms with E-state index in [1.165, 1.54) is 22.2 Å². The highest BCUT2D eigenvalue weighted by Crippen LogP contribution is 2.35. The van der Waals surface area contributed by atoms with Crippen molar-refractivity contribution in [3.8, 4) is 11.1 Å². The Hall–Kier alpha value is -1.99. The minimum absolute atomic E-state index is 0.0246. The normalized spacial score (nSPS) is 11.3. The second-order valence-electron chi connectivity index (χ2n) is 6.60. The first-order valence-corrected chi connectivity index (χ1v) is 9.99. The number of fused-ring (bicyclic) bond motifs is 1. The molecule has 0 bridgehead atoms. The molecule has 3 aromatic rings. The molecule has 0 aliphatic heterocycles. The molecule has 0 fully saturated rings. The third-order valence-electron chi connectivity index (χ3n) is 4.01. The van der Waals surface area contributed by atoms with Crippen molar-refractivity contribution in [1.82, 2.24) is 14.9 Å². The van der Waals surface area contributed by atoms with E-state index in [9.17, 15) is 9.59 Å². The van der Waals surface area contributed by atoms with Gasteiger partial charge in [0, 0.05) is 21.5 Å². The van der Waals surface area contributed by atoms with Gasteiger partial charge in [-0.25, -0.2) is 4.98 Å². The van der Waals surface area contributed by atoms with E-state index in [1.54, 1.807) is 0 Å². The molecule has 2 aromatic heterocycles. The Bertz CT molecular complexity index is 1010. The highest BCUT2D eigenvalue weighted by Gasteiger charge is 2.17. The van der Waals surface area contributed by atoms with Crippen LogP contribution in [0, 0.1) is 12.8 Å². The number of nitrogens with one attached hydrogen (secondary N) is 1. The summed E-state index contributed by atoms with van der Waals surface area (Å²) in [5, 5.41) is 3.41. The largest absolute Gasteiger partial charge is 0.354 e. The smallest absolute Gasteiger partial charge is 0.263 e. The number of hydrogen-bond donors (Lipinski definition) is 1. The van der Waals surface area contributed by atoms with Crippen LogP contribution in [0.2, 0.25) is 0 Å². The summed E-state index contributed by atoms with van der Waals surface area (Å²) >= 11 is 4.93. The van der Waals surface area contributed by atoms with Crippen molar-refractivity contribution in [2.24, 2.45) is 5.92 Å². The number of nitrogens with zero attached hydrogens (tertiary/aromatic N) is 2. The fraction of sp³-hybridized carbons (Fsp3) is 0.316. The third kappa shape index (κ3) is 3.88. The van der Waals surface area contributed by atoms with Crippen molar-refractivity contribution in [1.29, 1.82) is 0 Å². The number of carbonyl (C=O) groups excluding carboxylic acids is 1. The fourth-order valence-electron chi connectivity index (χ4n) is 2.74. The minimum Gasteiger partial charge on any atom is -0.354 e. The molecule has 136 valence electrons. The van der Waals surface area contributed by atoms with E-state index in [2.05, 4.69) is 26.2 Å². The van der Waals surface area contributed by atoms with Gasteiger partial charge in [-0.05, 0) is 30.5 Å². The summed E-state index contributed by atoms with van der Waals surface area (Å²) in [6.45, 7) is 6.61. The molecule has 0 unspecified atom stereocenters. The Kier molecular flexibility index (Phi) is 5.58. The first-order valence-electron chi connectivity index (χ1n) is 8.38. The Morgan fingerprint density at radius 2 is 2.00 bits per heavy atom. The molecule has 0 saturated carbocycles. The minimum atomic E-state index is -0.183. The summed E-state index contributed by atoms with van der Waals surface area (Å²) in [4.78, 5) is 31.3. The molecule has 1 amide bonds. The van der Waals surface area contributed by atoms with Gasteiger partial charge in [0.1, 0.15) is 11.4 Å². The molecule has 0 aliphatic rings. The second-order valence-corrected chi connectivity index (χ2v) is 8.71. The number of benzene rings is 1. The highest BCUT2D eigenvalue weighted by atomic mass is 79.9. The molecule has 0 radical (unpaired) electrons.